The first kappa shape index (κ1) is 24.6. The molecule has 148 valence electrons. The van der Waals surface area contributed by atoms with Gasteiger partial charge in [0.15, 0.2) is 0 Å². The highest BCUT2D eigenvalue weighted by molar-refractivity contribution is 7.80. The minimum absolute atomic E-state index is 0.0678. The van der Waals surface area contributed by atoms with Gasteiger partial charge in [-0.25, -0.2) is 0 Å². The van der Waals surface area contributed by atoms with Crippen LogP contribution in [0.15, 0.2) is 12.2 Å². The maximum atomic E-state index is 11.3. The minimum Gasteiger partial charge on any atom is -0.466 e. The van der Waals surface area contributed by atoms with Gasteiger partial charge in [0, 0.05) is 6.42 Å². The van der Waals surface area contributed by atoms with Gasteiger partial charge in [-0.15, -0.1) is 0 Å². The maximum absolute atomic E-state index is 11.3. The van der Waals surface area contributed by atoms with Crippen molar-refractivity contribution in [1.29, 1.82) is 0 Å². The third-order valence-electron chi connectivity index (χ3n) is 4.46. The van der Waals surface area contributed by atoms with Crippen molar-refractivity contribution in [2.45, 2.75) is 110 Å². The zero-order valence-electron chi connectivity index (χ0n) is 16.6. The number of carbonyl (C=O) groups excluding carboxylic acids is 1. The summed E-state index contributed by atoms with van der Waals surface area (Å²) in [4.78, 5) is 11.3. The Bertz CT molecular complexity index is 302. The standard InChI is InChI=1S/C22H42O2S/c1-2-3-4-5-6-7-8-9-10-11-12-13-14-15-16-17-20-24-22(23)19-18-21-25/h9-10,25H,2-8,11-21H2,1H3/b10-9-. The first-order chi connectivity index (χ1) is 12.3. The number of ether oxygens (including phenoxy) is 1. The summed E-state index contributed by atoms with van der Waals surface area (Å²) in [6.07, 6.45) is 24.3. The van der Waals surface area contributed by atoms with Gasteiger partial charge < -0.3 is 4.74 Å². The molecular weight excluding hydrogens is 328 g/mol. The molecule has 0 amide bonds. The van der Waals surface area contributed by atoms with Gasteiger partial charge in [-0.1, -0.05) is 76.9 Å². The van der Waals surface area contributed by atoms with E-state index >= 15 is 0 Å². The summed E-state index contributed by atoms with van der Waals surface area (Å²) in [7, 11) is 0. The van der Waals surface area contributed by atoms with Crippen LogP contribution in [-0.2, 0) is 9.53 Å². The summed E-state index contributed by atoms with van der Waals surface area (Å²) in [5.74, 6) is 0.686. The van der Waals surface area contributed by atoms with E-state index in [0.717, 1.165) is 18.6 Å². The molecule has 0 N–H and O–H groups in total. The quantitative estimate of drug-likeness (QED) is 0.112. The summed E-state index contributed by atoms with van der Waals surface area (Å²) in [5, 5.41) is 0. The van der Waals surface area contributed by atoms with Gasteiger partial charge in [0.2, 0.25) is 0 Å². The van der Waals surface area contributed by atoms with Crippen molar-refractivity contribution in [1.82, 2.24) is 0 Å². The number of allylic oxidation sites excluding steroid dienone is 2. The third-order valence-corrected chi connectivity index (χ3v) is 4.77. The SMILES string of the molecule is CCCCCCCC/C=C\CCCCCCCCOC(=O)CCCS. The van der Waals surface area contributed by atoms with E-state index in [1.165, 1.54) is 83.5 Å². The average Bonchev–Trinajstić information content (AvgIpc) is 2.62. The lowest BCUT2D eigenvalue weighted by Gasteiger charge is -2.04. The fraction of sp³-hybridized carbons (Fsp3) is 0.864. The van der Waals surface area contributed by atoms with E-state index in [1.807, 2.05) is 0 Å². The minimum atomic E-state index is -0.0678. The molecule has 0 saturated carbocycles. The van der Waals surface area contributed by atoms with Crippen LogP contribution in [-0.4, -0.2) is 18.3 Å². The highest BCUT2D eigenvalue weighted by atomic mass is 32.1. The summed E-state index contributed by atoms with van der Waals surface area (Å²) in [5.41, 5.74) is 0. The predicted molar refractivity (Wildman–Crippen MR) is 113 cm³/mol. The molecule has 25 heavy (non-hydrogen) atoms. The Balaban J connectivity index is 3.13. The molecule has 3 heteroatoms. The van der Waals surface area contributed by atoms with Crippen LogP contribution in [0.4, 0.5) is 0 Å². The first-order valence-electron chi connectivity index (χ1n) is 10.7. The topological polar surface area (TPSA) is 26.3 Å². The number of unbranched alkanes of at least 4 members (excludes halogenated alkanes) is 12. The largest absolute Gasteiger partial charge is 0.466 e. The molecule has 0 aromatic heterocycles. The lowest BCUT2D eigenvalue weighted by Crippen LogP contribution is -2.05. The van der Waals surface area contributed by atoms with E-state index in [2.05, 4.69) is 31.7 Å². The van der Waals surface area contributed by atoms with E-state index in [0.29, 0.717) is 13.0 Å². The van der Waals surface area contributed by atoms with E-state index in [-0.39, 0.29) is 5.97 Å². The van der Waals surface area contributed by atoms with E-state index in [9.17, 15) is 4.79 Å². The van der Waals surface area contributed by atoms with Crippen LogP contribution in [0.1, 0.15) is 110 Å². The van der Waals surface area contributed by atoms with Gasteiger partial charge in [0.25, 0.3) is 0 Å². The van der Waals surface area contributed by atoms with Crippen LogP contribution in [0.3, 0.4) is 0 Å². The summed E-state index contributed by atoms with van der Waals surface area (Å²) in [6.45, 7) is 2.86. The molecule has 0 radical (unpaired) electrons. The van der Waals surface area contributed by atoms with Gasteiger partial charge >= 0.3 is 5.97 Å². The normalized spacial score (nSPS) is 11.3. The molecule has 0 aliphatic heterocycles. The smallest absolute Gasteiger partial charge is 0.305 e. The van der Waals surface area contributed by atoms with Crippen molar-refractivity contribution in [2.75, 3.05) is 12.4 Å². The molecule has 0 spiro atoms. The monoisotopic (exact) mass is 370 g/mol. The molecule has 0 aliphatic carbocycles. The van der Waals surface area contributed by atoms with Gasteiger partial charge in [0.05, 0.1) is 6.61 Å². The third kappa shape index (κ3) is 21.5. The van der Waals surface area contributed by atoms with Crippen LogP contribution < -0.4 is 0 Å². The number of hydrogen-bond donors (Lipinski definition) is 1. The second kappa shape index (κ2) is 21.6. The number of rotatable bonds is 19. The van der Waals surface area contributed by atoms with Crippen molar-refractivity contribution >= 4 is 18.6 Å². The summed E-state index contributed by atoms with van der Waals surface area (Å²) < 4.78 is 5.18. The summed E-state index contributed by atoms with van der Waals surface area (Å²) in [6, 6.07) is 0. The number of carbonyl (C=O) groups is 1. The molecule has 0 aromatic rings. The number of thiol groups is 1. The van der Waals surface area contributed by atoms with Crippen LogP contribution in [0.25, 0.3) is 0 Å². The van der Waals surface area contributed by atoms with Crippen LogP contribution in [0.5, 0.6) is 0 Å². The van der Waals surface area contributed by atoms with Gasteiger partial charge in [-0.05, 0) is 44.3 Å². The second-order valence-corrected chi connectivity index (χ2v) is 7.43. The van der Waals surface area contributed by atoms with Crippen LogP contribution in [0, 0.1) is 0 Å². The zero-order chi connectivity index (χ0) is 18.4. The average molecular weight is 371 g/mol. The zero-order valence-corrected chi connectivity index (χ0v) is 17.5. The fourth-order valence-electron chi connectivity index (χ4n) is 2.83. The molecule has 0 aliphatic rings. The second-order valence-electron chi connectivity index (χ2n) is 6.99. The highest BCUT2D eigenvalue weighted by Gasteiger charge is 2.00. The molecule has 0 saturated heterocycles. The predicted octanol–water partition coefficient (Wildman–Crippen LogP) is 7.28. The Morgan fingerprint density at radius 3 is 1.84 bits per heavy atom. The Morgan fingerprint density at radius 1 is 0.760 bits per heavy atom. The van der Waals surface area contributed by atoms with Crippen LogP contribution >= 0.6 is 12.6 Å². The Hall–Kier alpha value is -0.440. The van der Waals surface area contributed by atoms with Crippen molar-refractivity contribution in [3.05, 3.63) is 12.2 Å². The highest BCUT2D eigenvalue weighted by Crippen LogP contribution is 2.10. The molecule has 0 aromatic carbocycles. The molecule has 0 atom stereocenters. The molecule has 0 rings (SSSR count). The lowest BCUT2D eigenvalue weighted by atomic mass is 10.1. The van der Waals surface area contributed by atoms with Crippen molar-refractivity contribution in [3.63, 3.8) is 0 Å². The molecule has 0 unspecified atom stereocenters. The molecule has 0 heterocycles. The van der Waals surface area contributed by atoms with Crippen LogP contribution in [0.2, 0.25) is 0 Å². The van der Waals surface area contributed by atoms with Crippen molar-refractivity contribution in [2.24, 2.45) is 0 Å². The molecule has 2 nitrogen and oxygen atoms in total. The van der Waals surface area contributed by atoms with Crippen molar-refractivity contribution in [3.8, 4) is 0 Å². The van der Waals surface area contributed by atoms with Crippen molar-refractivity contribution < 1.29 is 9.53 Å². The molecule has 0 bridgehead atoms. The Labute approximate surface area is 162 Å². The van der Waals surface area contributed by atoms with Gasteiger partial charge in [-0.3, -0.25) is 4.79 Å². The lowest BCUT2D eigenvalue weighted by molar-refractivity contribution is -0.143. The molecule has 0 fully saturated rings. The van der Waals surface area contributed by atoms with E-state index < -0.39 is 0 Å². The summed E-state index contributed by atoms with van der Waals surface area (Å²) >= 11 is 4.09. The van der Waals surface area contributed by atoms with E-state index in [4.69, 9.17) is 4.74 Å². The molecular formula is C22H42O2S. The van der Waals surface area contributed by atoms with Gasteiger partial charge in [-0.2, -0.15) is 12.6 Å². The van der Waals surface area contributed by atoms with E-state index in [1.54, 1.807) is 0 Å². The first-order valence-corrected chi connectivity index (χ1v) is 11.4. The Morgan fingerprint density at radius 2 is 1.28 bits per heavy atom. The van der Waals surface area contributed by atoms with Gasteiger partial charge in [0.1, 0.15) is 0 Å². The fourth-order valence-corrected chi connectivity index (χ4v) is 2.99. The maximum Gasteiger partial charge on any atom is 0.305 e. The number of hydrogen-bond acceptors (Lipinski definition) is 3. The Kier molecular flexibility index (Phi) is 21.2. The number of esters is 1.